The summed E-state index contributed by atoms with van der Waals surface area (Å²) in [5.74, 6) is 0.631. The molecule has 0 fully saturated rings. The van der Waals surface area contributed by atoms with Gasteiger partial charge in [-0.15, -0.1) is 0 Å². The highest BCUT2D eigenvalue weighted by molar-refractivity contribution is 6.17. The molecule has 0 radical (unpaired) electrons. The minimum absolute atomic E-state index is 0.0956. The van der Waals surface area contributed by atoms with Crippen LogP contribution in [-0.2, 0) is 10.8 Å². The lowest BCUT2D eigenvalue weighted by Gasteiger charge is -2.22. The highest BCUT2D eigenvalue weighted by Crippen LogP contribution is 2.52. The maximum Gasteiger partial charge on any atom is 0.235 e. The fraction of sp³-hybridized carbons (Fsp3) is 0.0625. The predicted molar refractivity (Wildman–Crippen MR) is 426 cm³/mol. The number of hydrogen-bond acceptors (Lipinski definition) is 2. The lowest BCUT2D eigenvalue weighted by Crippen LogP contribution is -2.15. The summed E-state index contributed by atoms with van der Waals surface area (Å²) >= 11 is 0. The van der Waals surface area contributed by atoms with Gasteiger partial charge in [-0.3, -0.25) is 4.57 Å². The van der Waals surface area contributed by atoms with Crippen LogP contribution in [0.1, 0.15) is 49.9 Å². The number of fused-ring (bicyclic) bond motifs is 21. The predicted octanol–water partition coefficient (Wildman–Crippen LogP) is 24.8. The van der Waals surface area contributed by atoms with Gasteiger partial charge in [0.25, 0.3) is 0 Å². The zero-order chi connectivity index (χ0) is 67.4. The molecule has 0 bridgehead atoms. The average molecular weight is 1300 g/mol. The topological polar surface area (TPSA) is 45.5 Å². The molecule has 2 aliphatic rings. The van der Waals surface area contributed by atoms with Gasteiger partial charge < -0.3 is 13.7 Å². The van der Waals surface area contributed by atoms with Crippen LogP contribution in [0.4, 0.5) is 0 Å². The lowest BCUT2D eigenvalue weighted by molar-refractivity contribution is 0.660. The molecule has 2 aliphatic carbocycles. The molecule has 5 aromatic heterocycles. The summed E-state index contributed by atoms with van der Waals surface area (Å²) in [6, 6.07) is 117. The van der Waals surface area contributed by atoms with Crippen molar-refractivity contribution in [1.82, 2.24) is 28.2 Å². The SMILES string of the molecule is CC1(C)c2ccccc2-c2ccc(-n3c4ccccc4c4cc(-c5ccc6c(c5)c5ccccc5n6-c5ccc6c(ccc7nc(-n8c9ccccc9c9cc(-c%10ccc%11c(c%10)c%10ccccc%10n%11-c%10ccc%11c(c%10)C(C)(C)c%10ccccc%10-%11)ccc98)nc(-c8ccccc8)c76)c5)ccc43)cc21. The van der Waals surface area contributed by atoms with Gasteiger partial charge in [-0.25, -0.2) is 9.97 Å². The summed E-state index contributed by atoms with van der Waals surface area (Å²) < 4.78 is 9.61. The molecular formula is C96H64N6. The van der Waals surface area contributed by atoms with Gasteiger partial charge in [0, 0.05) is 81.9 Å². The maximum absolute atomic E-state index is 5.67. The van der Waals surface area contributed by atoms with E-state index in [1.807, 2.05) is 0 Å². The van der Waals surface area contributed by atoms with E-state index in [0.717, 1.165) is 77.0 Å². The first-order valence-corrected chi connectivity index (χ1v) is 35.5. The third-order valence-electron chi connectivity index (χ3n) is 23.2. The van der Waals surface area contributed by atoms with Crippen molar-refractivity contribution >= 4 is 109 Å². The van der Waals surface area contributed by atoms with Crippen LogP contribution in [0.5, 0.6) is 0 Å². The Morgan fingerprint density at radius 2 is 0.598 bits per heavy atom. The molecule has 0 atom stereocenters. The minimum atomic E-state index is -0.101. The summed E-state index contributed by atoms with van der Waals surface area (Å²) in [4.78, 5) is 11.2. The summed E-state index contributed by atoms with van der Waals surface area (Å²) in [6.45, 7) is 9.44. The van der Waals surface area contributed by atoms with Crippen LogP contribution in [0.2, 0.25) is 0 Å². The number of rotatable bonds is 7. The second-order valence-corrected chi connectivity index (χ2v) is 29.2. The normalized spacial score (nSPS) is 13.6. The minimum Gasteiger partial charge on any atom is -0.309 e. The van der Waals surface area contributed by atoms with Gasteiger partial charge in [-0.2, -0.15) is 0 Å². The molecule has 20 aromatic rings. The Labute approximate surface area is 588 Å². The number of nitrogens with zero attached hydrogens (tertiary/aromatic N) is 6. The highest BCUT2D eigenvalue weighted by Gasteiger charge is 2.37. The first-order valence-electron chi connectivity index (χ1n) is 35.5. The zero-order valence-electron chi connectivity index (χ0n) is 56.7. The molecule has 0 spiro atoms. The maximum atomic E-state index is 5.67. The number of hydrogen-bond donors (Lipinski definition) is 0. The van der Waals surface area contributed by atoms with E-state index in [-0.39, 0.29) is 10.8 Å². The number of benzene rings is 15. The summed E-state index contributed by atoms with van der Waals surface area (Å²) in [6.07, 6.45) is 0. The van der Waals surface area contributed by atoms with Gasteiger partial charge in [0.05, 0.1) is 55.3 Å². The molecule has 102 heavy (non-hydrogen) atoms. The molecule has 22 rings (SSSR count). The second kappa shape index (κ2) is 20.8. The van der Waals surface area contributed by atoms with Gasteiger partial charge in [0.15, 0.2) is 0 Å². The molecule has 6 heteroatoms. The lowest BCUT2D eigenvalue weighted by atomic mass is 9.82. The number of para-hydroxylation sites is 4. The van der Waals surface area contributed by atoms with Gasteiger partial charge in [-0.05, 0) is 193 Å². The van der Waals surface area contributed by atoms with Crippen LogP contribution in [-0.4, -0.2) is 28.2 Å². The second-order valence-electron chi connectivity index (χ2n) is 29.2. The van der Waals surface area contributed by atoms with Crippen molar-refractivity contribution < 1.29 is 0 Å². The van der Waals surface area contributed by atoms with Crippen LogP contribution in [0.25, 0.3) is 188 Å². The third-order valence-corrected chi connectivity index (χ3v) is 23.2. The molecule has 478 valence electrons. The first kappa shape index (κ1) is 57.0. The van der Waals surface area contributed by atoms with Crippen molar-refractivity contribution in [3.63, 3.8) is 0 Å². The van der Waals surface area contributed by atoms with Gasteiger partial charge in [0.1, 0.15) is 0 Å². The van der Waals surface area contributed by atoms with Gasteiger partial charge in [0.2, 0.25) is 5.95 Å². The van der Waals surface area contributed by atoms with E-state index >= 15 is 0 Å². The van der Waals surface area contributed by atoms with Crippen LogP contribution in [0, 0.1) is 0 Å². The van der Waals surface area contributed by atoms with Crippen molar-refractivity contribution in [2.75, 3.05) is 0 Å². The van der Waals surface area contributed by atoms with Crippen LogP contribution < -0.4 is 0 Å². The Morgan fingerprint density at radius 3 is 1.06 bits per heavy atom. The first-order chi connectivity index (χ1) is 50.1. The molecule has 0 N–H and O–H groups in total. The summed E-state index contributed by atoms with van der Waals surface area (Å²) in [5.41, 5.74) is 30.8. The molecule has 15 aromatic carbocycles. The van der Waals surface area contributed by atoms with E-state index in [2.05, 4.69) is 361 Å². The average Bonchev–Trinajstić information content (AvgIpc) is 1.49. The molecule has 5 heterocycles. The Morgan fingerprint density at radius 1 is 0.235 bits per heavy atom. The number of aromatic nitrogens is 6. The summed E-state index contributed by atoms with van der Waals surface area (Å²) in [5, 5.41) is 12.9. The van der Waals surface area contributed by atoms with E-state index in [0.29, 0.717) is 5.95 Å². The van der Waals surface area contributed by atoms with Crippen molar-refractivity contribution in [2.45, 2.75) is 38.5 Å². The van der Waals surface area contributed by atoms with E-state index < -0.39 is 0 Å². The Balaban J connectivity index is 0.631. The molecule has 0 saturated heterocycles. The zero-order valence-corrected chi connectivity index (χ0v) is 56.7. The highest BCUT2D eigenvalue weighted by atomic mass is 15.2. The van der Waals surface area contributed by atoms with Crippen molar-refractivity contribution in [1.29, 1.82) is 0 Å². The van der Waals surface area contributed by atoms with E-state index in [9.17, 15) is 0 Å². The van der Waals surface area contributed by atoms with Crippen molar-refractivity contribution in [2.24, 2.45) is 0 Å². The van der Waals surface area contributed by atoms with Crippen LogP contribution >= 0.6 is 0 Å². The van der Waals surface area contributed by atoms with E-state index in [4.69, 9.17) is 9.97 Å². The molecule has 0 saturated carbocycles. The van der Waals surface area contributed by atoms with E-state index in [1.54, 1.807) is 0 Å². The van der Waals surface area contributed by atoms with Crippen LogP contribution in [0.3, 0.4) is 0 Å². The van der Waals surface area contributed by atoms with Crippen molar-refractivity contribution in [3.8, 4) is 78.8 Å². The van der Waals surface area contributed by atoms with E-state index in [1.165, 1.54) is 127 Å². The molecule has 0 aliphatic heterocycles. The van der Waals surface area contributed by atoms with Crippen molar-refractivity contribution in [3.05, 3.63) is 338 Å². The fourth-order valence-corrected chi connectivity index (χ4v) is 18.3. The molecular weight excluding hydrogens is 1240 g/mol. The fourth-order valence-electron chi connectivity index (χ4n) is 18.3. The summed E-state index contributed by atoms with van der Waals surface area (Å²) in [7, 11) is 0. The van der Waals surface area contributed by atoms with Gasteiger partial charge >= 0.3 is 0 Å². The monoisotopic (exact) mass is 1300 g/mol. The smallest absolute Gasteiger partial charge is 0.235 e. The Hall–Kier alpha value is -12.9. The largest absolute Gasteiger partial charge is 0.309 e. The molecule has 0 amide bonds. The molecule has 0 unspecified atom stereocenters. The van der Waals surface area contributed by atoms with Crippen LogP contribution in [0.15, 0.2) is 315 Å². The van der Waals surface area contributed by atoms with Gasteiger partial charge in [-0.1, -0.05) is 228 Å². The quantitative estimate of drug-likeness (QED) is 0.149. The Bertz CT molecular complexity index is 7070. The Kier molecular flexibility index (Phi) is 11.7. The molecule has 6 nitrogen and oxygen atoms in total. The third kappa shape index (κ3) is 7.94. The standard InChI is InChI=1S/C96H64N6/c1-95(2)79-28-14-8-22-67(79)69-43-40-64(55-81(69)95)100-85-31-17-11-25-72(85)76-52-59(36-47-89(76)100)58-35-46-88-75(51-58)71-24-10-16-30-84(71)99(88)63-39-42-66-62(50-63)34-45-83-92(66)93(57-20-6-5-7-21-57)98-94(97-83)102-87-33-19-13-27-74(87)78-54-61(38-49-91(78)102)60-37-48-90-77(53-60)73-26-12-18-32-86(73)101(90)65-41-44-70-68-23-9-15-29-80(68)96(3,4)82(70)56-65/h5-56H,1-4H3.